The van der Waals surface area contributed by atoms with Crippen LogP contribution in [0.3, 0.4) is 0 Å². The molecule has 0 heterocycles. The molecule has 0 aromatic heterocycles. The first-order chi connectivity index (χ1) is 7.32. The lowest BCUT2D eigenvalue weighted by molar-refractivity contribution is -0.121. The van der Waals surface area contributed by atoms with Crippen LogP contribution in [0, 0.1) is 11.2 Å². The Bertz CT molecular complexity index is 410. The molecule has 1 nitrogen and oxygen atoms in total. The van der Waals surface area contributed by atoms with Crippen LogP contribution in [-0.2, 0) is 4.79 Å². The van der Waals surface area contributed by atoms with Crippen LogP contribution in [0.2, 0.25) is 5.02 Å². The summed E-state index contributed by atoms with van der Waals surface area (Å²) in [4.78, 5) is 11.6. The van der Waals surface area contributed by atoms with Crippen molar-refractivity contribution in [1.82, 2.24) is 0 Å². The third-order valence-corrected chi connectivity index (χ3v) is 2.47. The fraction of sp³-hybridized carbons (Fsp3) is 0.308. The number of carbonyl (C=O) groups excluding carboxylic acids is 1. The zero-order valence-electron chi connectivity index (χ0n) is 9.55. The predicted octanol–water partition coefficient (Wildman–Crippen LogP) is 4.11. The second-order valence-corrected chi connectivity index (χ2v) is 4.99. The van der Waals surface area contributed by atoms with Crippen LogP contribution in [0.15, 0.2) is 24.3 Å². The molecule has 0 saturated carbocycles. The molecule has 0 N–H and O–H groups in total. The van der Waals surface area contributed by atoms with Gasteiger partial charge < -0.3 is 0 Å². The summed E-state index contributed by atoms with van der Waals surface area (Å²) in [7, 11) is 0. The molecule has 0 saturated heterocycles. The predicted molar refractivity (Wildman–Crippen MR) is 64.9 cm³/mol. The number of ketones is 1. The van der Waals surface area contributed by atoms with Gasteiger partial charge in [-0.05, 0) is 24.3 Å². The average molecular weight is 241 g/mol. The van der Waals surface area contributed by atoms with Gasteiger partial charge in [0.05, 0.1) is 5.02 Å². The fourth-order valence-electron chi connectivity index (χ4n) is 1.08. The zero-order chi connectivity index (χ0) is 12.3. The van der Waals surface area contributed by atoms with Gasteiger partial charge in [0.15, 0.2) is 5.78 Å². The van der Waals surface area contributed by atoms with Gasteiger partial charge in [-0.15, -0.1) is 0 Å². The van der Waals surface area contributed by atoms with Crippen molar-refractivity contribution < 1.29 is 9.18 Å². The van der Waals surface area contributed by atoms with E-state index in [4.69, 9.17) is 11.6 Å². The first-order valence-corrected chi connectivity index (χ1v) is 5.36. The Morgan fingerprint density at radius 1 is 1.38 bits per heavy atom. The first kappa shape index (κ1) is 12.9. The van der Waals surface area contributed by atoms with Crippen LogP contribution in [0.25, 0.3) is 6.08 Å². The smallest absolute Gasteiger partial charge is 0.161 e. The number of halogens is 2. The van der Waals surface area contributed by atoms with Gasteiger partial charge >= 0.3 is 0 Å². The van der Waals surface area contributed by atoms with Gasteiger partial charge in [-0.25, -0.2) is 4.39 Å². The molecule has 16 heavy (non-hydrogen) atoms. The molecule has 86 valence electrons. The topological polar surface area (TPSA) is 17.1 Å². The van der Waals surface area contributed by atoms with Gasteiger partial charge in [0.25, 0.3) is 0 Å². The van der Waals surface area contributed by atoms with Gasteiger partial charge in [0, 0.05) is 11.0 Å². The largest absolute Gasteiger partial charge is 0.294 e. The average Bonchev–Trinajstić information content (AvgIpc) is 2.15. The number of hydrogen-bond donors (Lipinski definition) is 0. The molecule has 0 aliphatic heterocycles. The number of benzene rings is 1. The summed E-state index contributed by atoms with van der Waals surface area (Å²) in [6.45, 7) is 5.42. The van der Waals surface area contributed by atoms with Crippen LogP contribution < -0.4 is 0 Å². The Labute approximate surface area is 99.9 Å². The highest BCUT2D eigenvalue weighted by molar-refractivity contribution is 6.32. The number of hydrogen-bond acceptors (Lipinski definition) is 1. The molecular weight excluding hydrogens is 227 g/mol. The van der Waals surface area contributed by atoms with Crippen LogP contribution in [-0.4, -0.2) is 5.78 Å². The number of carbonyl (C=O) groups is 1. The van der Waals surface area contributed by atoms with Crippen LogP contribution >= 0.6 is 11.6 Å². The summed E-state index contributed by atoms with van der Waals surface area (Å²) in [5.41, 5.74) is -0.212. The molecule has 0 fully saturated rings. The van der Waals surface area contributed by atoms with Crippen molar-refractivity contribution in [2.75, 3.05) is 0 Å². The lowest BCUT2D eigenvalue weighted by atomic mass is 9.90. The maximum absolute atomic E-state index is 13.4. The summed E-state index contributed by atoms with van der Waals surface area (Å²) in [5.74, 6) is -0.489. The summed E-state index contributed by atoms with van der Waals surface area (Å²) < 4.78 is 13.4. The summed E-state index contributed by atoms with van der Waals surface area (Å²) in [6, 6.07) is 4.43. The quantitative estimate of drug-likeness (QED) is 0.711. The Morgan fingerprint density at radius 2 is 2.00 bits per heavy atom. The van der Waals surface area contributed by atoms with Crippen LogP contribution in [0.5, 0.6) is 0 Å². The normalized spacial score (nSPS) is 12.1. The van der Waals surface area contributed by atoms with Crippen molar-refractivity contribution in [2.24, 2.45) is 5.41 Å². The van der Waals surface area contributed by atoms with E-state index in [2.05, 4.69) is 0 Å². The molecule has 0 bridgehead atoms. The van der Waals surface area contributed by atoms with E-state index in [0.29, 0.717) is 5.02 Å². The molecule has 3 heteroatoms. The molecule has 0 amide bonds. The molecule has 0 unspecified atom stereocenters. The molecule has 1 aromatic rings. The van der Waals surface area contributed by atoms with Crippen molar-refractivity contribution in [1.29, 1.82) is 0 Å². The number of allylic oxidation sites excluding steroid dienone is 1. The Kier molecular flexibility index (Phi) is 3.87. The standard InChI is InChI=1S/C13H14ClFO/c1-13(2,3)12(16)8-7-9-10(14)5-4-6-11(9)15/h4-8H,1-3H3/b8-7+. The van der Waals surface area contributed by atoms with Gasteiger partial charge in [0.1, 0.15) is 5.82 Å². The monoisotopic (exact) mass is 240 g/mol. The van der Waals surface area contributed by atoms with Crippen molar-refractivity contribution >= 4 is 23.5 Å². The van der Waals surface area contributed by atoms with Crippen LogP contribution in [0.1, 0.15) is 26.3 Å². The minimum Gasteiger partial charge on any atom is -0.294 e. The summed E-state index contributed by atoms with van der Waals surface area (Å²) >= 11 is 5.82. The molecule has 0 radical (unpaired) electrons. The van der Waals surface area contributed by atoms with Crippen molar-refractivity contribution in [2.45, 2.75) is 20.8 Å². The van der Waals surface area contributed by atoms with E-state index < -0.39 is 11.2 Å². The minimum absolute atomic E-state index is 0.0631. The highest BCUT2D eigenvalue weighted by atomic mass is 35.5. The van der Waals surface area contributed by atoms with E-state index in [1.165, 1.54) is 24.3 Å². The van der Waals surface area contributed by atoms with E-state index in [1.807, 2.05) is 20.8 Å². The van der Waals surface area contributed by atoms with E-state index in [-0.39, 0.29) is 11.3 Å². The maximum Gasteiger partial charge on any atom is 0.161 e. The van der Waals surface area contributed by atoms with Gasteiger partial charge in [-0.2, -0.15) is 0 Å². The Hall–Kier alpha value is -1.15. The molecule has 0 spiro atoms. The summed E-state index contributed by atoms with van der Waals surface area (Å²) in [5, 5.41) is 0.304. The van der Waals surface area contributed by atoms with Crippen LogP contribution in [0.4, 0.5) is 4.39 Å². The highest BCUT2D eigenvalue weighted by Crippen LogP contribution is 2.22. The molecule has 1 rings (SSSR count). The van der Waals surface area contributed by atoms with Crippen molar-refractivity contribution in [3.63, 3.8) is 0 Å². The number of rotatable bonds is 2. The van der Waals surface area contributed by atoms with E-state index >= 15 is 0 Å². The third-order valence-electron chi connectivity index (χ3n) is 2.14. The lowest BCUT2D eigenvalue weighted by Gasteiger charge is -2.13. The van der Waals surface area contributed by atoms with Gasteiger partial charge in [-0.3, -0.25) is 4.79 Å². The second kappa shape index (κ2) is 4.79. The van der Waals surface area contributed by atoms with Gasteiger partial charge in [-0.1, -0.05) is 38.4 Å². The lowest BCUT2D eigenvalue weighted by Crippen LogP contribution is -2.17. The van der Waals surface area contributed by atoms with E-state index in [9.17, 15) is 9.18 Å². The third kappa shape index (κ3) is 3.17. The van der Waals surface area contributed by atoms with Crippen molar-refractivity contribution in [3.8, 4) is 0 Å². The first-order valence-electron chi connectivity index (χ1n) is 4.99. The SMILES string of the molecule is CC(C)(C)C(=O)/C=C/c1c(F)cccc1Cl. The molecule has 0 aliphatic rings. The van der Waals surface area contributed by atoms with E-state index in [0.717, 1.165) is 0 Å². The van der Waals surface area contributed by atoms with Gasteiger partial charge in [0.2, 0.25) is 0 Å². The Morgan fingerprint density at radius 3 is 2.50 bits per heavy atom. The molecule has 1 aromatic carbocycles. The second-order valence-electron chi connectivity index (χ2n) is 4.58. The zero-order valence-corrected chi connectivity index (χ0v) is 10.3. The highest BCUT2D eigenvalue weighted by Gasteiger charge is 2.18. The molecule has 0 aliphatic carbocycles. The maximum atomic E-state index is 13.4. The molecular formula is C13H14ClFO. The summed E-state index contributed by atoms with van der Waals surface area (Å²) in [6.07, 6.45) is 2.79. The minimum atomic E-state index is -0.464. The van der Waals surface area contributed by atoms with E-state index in [1.54, 1.807) is 6.07 Å². The Balaban J connectivity index is 2.98. The van der Waals surface area contributed by atoms with Crippen molar-refractivity contribution in [3.05, 3.63) is 40.7 Å². The molecule has 0 atom stereocenters. The fourth-order valence-corrected chi connectivity index (χ4v) is 1.30.